The molecule has 2 N–H and O–H groups in total. The van der Waals surface area contributed by atoms with Crippen LogP contribution in [0.4, 0.5) is 24.5 Å². The highest BCUT2D eigenvalue weighted by molar-refractivity contribution is 5.77. The Morgan fingerprint density at radius 1 is 1.24 bits per heavy atom. The SMILES string of the molecule is O=C(CCNc1ccc(C(F)(F)F)cc1[N+](=O)[O-])N[C@@H]1CCOc2ccccc21. The van der Waals surface area contributed by atoms with Gasteiger partial charge in [-0.1, -0.05) is 18.2 Å². The Labute approximate surface area is 164 Å². The smallest absolute Gasteiger partial charge is 0.416 e. The summed E-state index contributed by atoms with van der Waals surface area (Å²) in [4.78, 5) is 22.4. The van der Waals surface area contributed by atoms with Crippen LogP contribution in [-0.2, 0) is 11.0 Å². The van der Waals surface area contributed by atoms with Crippen molar-refractivity contribution in [3.05, 3.63) is 63.7 Å². The summed E-state index contributed by atoms with van der Waals surface area (Å²) in [5, 5.41) is 16.6. The number of hydrogen-bond acceptors (Lipinski definition) is 5. The first kappa shape index (κ1) is 20.4. The van der Waals surface area contributed by atoms with Gasteiger partial charge in [-0.2, -0.15) is 13.2 Å². The minimum atomic E-state index is -4.68. The molecule has 7 nitrogen and oxygen atoms in total. The molecular formula is C19H18F3N3O4. The van der Waals surface area contributed by atoms with Gasteiger partial charge in [-0.05, 0) is 18.2 Å². The van der Waals surface area contributed by atoms with E-state index in [0.717, 1.165) is 17.7 Å². The number of alkyl halides is 3. The van der Waals surface area contributed by atoms with Crippen LogP contribution in [0.1, 0.15) is 30.0 Å². The van der Waals surface area contributed by atoms with Crippen LogP contribution in [0.25, 0.3) is 0 Å². The maximum atomic E-state index is 12.7. The number of nitrogens with zero attached hydrogens (tertiary/aromatic N) is 1. The maximum Gasteiger partial charge on any atom is 0.416 e. The van der Waals surface area contributed by atoms with E-state index in [4.69, 9.17) is 4.74 Å². The summed E-state index contributed by atoms with van der Waals surface area (Å²) >= 11 is 0. The molecule has 0 aromatic heterocycles. The van der Waals surface area contributed by atoms with Crippen LogP contribution in [0.3, 0.4) is 0 Å². The van der Waals surface area contributed by atoms with E-state index >= 15 is 0 Å². The number of para-hydroxylation sites is 1. The zero-order valence-electron chi connectivity index (χ0n) is 15.2. The summed E-state index contributed by atoms with van der Waals surface area (Å²) in [5.41, 5.74) is -1.00. The van der Waals surface area contributed by atoms with Gasteiger partial charge in [0.25, 0.3) is 5.69 Å². The van der Waals surface area contributed by atoms with Gasteiger partial charge in [0.1, 0.15) is 11.4 Å². The first-order chi connectivity index (χ1) is 13.8. The van der Waals surface area contributed by atoms with Crippen molar-refractivity contribution >= 4 is 17.3 Å². The van der Waals surface area contributed by atoms with Crippen molar-refractivity contribution in [1.29, 1.82) is 0 Å². The Hall–Kier alpha value is -3.30. The van der Waals surface area contributed by atoms with E-state index in [-0.39, 0.29) is 30.6 Å². The lowest BCUT2D eigenvalue weighted by Gasteiger charge is -2.26. The van der Waals surface area contributed by atoms with Crippen LogP contribution in [0, 0.1) is 10.1 Å². The highest BCUT2D eigenvalue weighted by Crippen LogP contribution is 2.35. The number of carbonyl (C=O) groups is 1. The van der Waals surface area contributed by atoms with Crippen molar-refractivity contribution in [3.63, 3.8) is 0 Å². The minimum absolute atomic E-state index is 0.00228. The Morgan fingerprint density at radius 2 is 2.00 bits per heavy atom. The van der Waals surface area contributed by atoms with Crippen molar-refractivity contribution in [2.45, 2.75) is 25.1 Å². The Morgan fingerprint density at radius 3 is 2.72 bits per heavy atom. The van der Waals surface area contributed by atoms with Gasteiger partial charge in [0.05, 0.1) is 23.1 Å². The van der Waals surface area contributed by atoms with E-state index < -0.39 is 22.4 Å². The number of hydrogen-bond donors (Lipinski definition) is 2. The molecule has 1 heterocycles. The number of nitrogens with one attached hydrogen (secondary N) is 2. The predicted octanol–water partition coefficient (Wildman–Crippen LogP) is 4.06. The number of fused-ring (bicyclic) bond motifs is 1. The number of carbonyl (C=O) groups excluding carboxylic acids is 1. The number of halogens is 3. The Balaban J connectivity index is 1.59. The van der Waals surface area contributed by atoms with Gasteiger partial charge in [-0.3, -0.25) is 14.9 Å². The van der Waals surface area contributed by atoms with Gasteiger partial charge in [0.2, 0.25) is 5.91 Å². The summed E-state index contributed by atoms with van der Waals surface area (Å²) in [6.45, 7) is 0.501. The first-order valence-corrected chi connectivity index (χ1v) is 8.86. The molecule has 1 amide bonds. The molecule has 0 unspecified atom stereocenters. The van der Waals surface area contributed by atoms with E-state index in [1.165, 1.54) is 0 Å². The lowest BCUT2D eigenvalue weighted by atomic mass is 10.0. The summed E-state index contributed by atoms with van der Waals surface area (Å²) in [6, 6.07) is 9.39. The second-order valence-electron chi connectivity index (χ2n) is 6.46. The highest BCUT2D eigenvalue weighted by Gasteiger charge is 2.33. The molecule has 0 radical (unpaired) electrons. The first-order valence-electron chi connectivity index (χ1n) is 8.86. The van der Waals surface area contributed by atoms with Gasteiger partial charge in [-0.15, -0.1) is 0 Å². The van der Waals surface area contributed by atoms with Crippen molar-refractivity contribution in [1.82, 2.24) is 5.32 Å². The molecule has 1 aliphatic rings. The summed E-state index contributed by atoms with van der Waals surface area (Å²) in [6.07, 6.45) is -4.07. The van der Waals surface area contributed by atoms with Gasteiger partial charge < -0.3 is 15.4 Å². The molecule has 0 saturated heterocycles. The molecule has 0 fully saturated rings. The second kappa shape index (κ2) is 8.38. The molecule has 154 valence electrons. The summed E-state index contributed by atoms with van der Waals surface area (Å²) in [7, 11) is 0. The fourth-order valence-corrected chi connectivity index (χ4v) is 3.08. The molecule has 0 saturated carbocycles. The molecule has 1 aliphatic heterocycles. The molecule has 0 spiro atoms. The number of rotatable bonds is 6. The maximum absolute atomic E-state index is 12.7. The zero-order valence-corrected chi connectivity index (χ0v) is 15.2. The second-order valence-corrected chi connectivity index (χ2v) is 6.46. The van der Waals surface area contributed by atoms with E-state index in [0.29, 0.717) is 24.8 Å². The third kappa shape index (κ3) is 4.95. The van der Waals surface area contributed by atoms with Crippen molar-refractivity contribution in [2.24, 2.45) is 0 Å². The number of anilines is 1. The number of benzene rings is 2. The fraction of sp³-hybridized carbons (Fsp3) is 0.316. The van der Waals surface area contributed by atoms with Crippen molar-refractivity contribution < 1.29 is 27.6 Å². The molecule has 1 atom stereocenters. The normalized spacial score (nSPS) is 15.8. The van der Waals surface area contributed by atoms with Gasteiger partial charge in [0.15, 0.2) is 0 Å². The van der Waals surface area contributed by atoms with Crippen LogP contribution < -0.4 is 15.4 Å². The van der Waals surface area contributed by atoms with Crippen molar-refractivity contribution in [2.75, 3.05) is 18.5 Å². The van der Waals surface area contributed by atoms with Crippen LogP contribution in [-0.4, -0.2) is 24.0 Å². The molecule has 0 bridgehead atoms. The topological polar surface area (TPSA) is 93.5 Å². The number of ether oxygens (including phenoxy) is 1. The van der Waals surface area contributed by atoms with Crippen LogP contribution >= 0.6 is 0 Å². The van der Waals surface area contributed by atoms with Crippen molar-refractivity contribution in [3.8, 4) is 5.75 Å². The Bertz CT molecular complexity index is 918. The van der Waals surface area contributed by atoms with E-state index in [2.05, 4.69) is 10.6 Å². The predicted molar refractivity (Wildman–Crippen MR) is 98.6 cm³/mol. The monoisotopic (exact) mass is 409 g/mol. The number of amides is 1. The van der Waals surface area contributed by atoms with Crippen LogP contribution in [0.5, 0.6) is 5.75 Å². The quantitative estimate of drug-likeness (QED) is 0.555. The lowest BCUT2D eigenvalue weighted by molar-refractivity contribution is -0.384. The average Bonchev–Trinajstić information content (AvgIpc) is 2.67. The lowest BCUT2D eigenvalue weighted by Crippen LogP contribution is -2.33. The number of nitro groups is 1. The van der Waals surface area contributed by atoms with E-state index in [1.54, 1.807) is 0 Å². The minimum Gasteiger partial charge on any atom is -0.493 e. The largest absolute Gasteiger partial charge is 0.493 e. The molecule has 29 heavy (non-hydrogen) atoms. The fourth-order valence-electron chi connectivity index (χ4n) is 3.08. The van der Waals surface area contributed by atoms with E-state index in [1.807, 2.05) is 24.3 Å². The summed E-state index contributed by atoms with van der Waals surface area (Å²) < 4.78 is 43.8. The average molecular weight is 409 g/mol. The number of nitro benzene ring substituents is 1. The van der Waals surface area contributed by atoms with Crippen LogP contribution in [0.15, 0.2) is 42.5 Å². The molecule has 3 rings (SSSR count). The molecule has 10 heteroatoms. The van der Waals surface area contributed by atoms with Gasteiger partial charge in [0, 0.05) is 31.0 Å². The standard InChI is InChI=1S/C19H18F3N3O4/c20-19(21,22)12-5-6-15(16(11-12)25(27)28)23-9-7-18(26)24-14-8-10-29-17-4-2-1-3-13(14)17/h1-6,11,14,23H,7-10H2,(H,24,26)/t14-/m1/s1. The third-order valence-electron chi connectivity index (χ3n) is 4.48. The third-order valence-corrected chi connectivity index (χ3v) is 4.48. The van der Waals surface area contributed by atoms with Crippen LogP contribution in [0.2, 0.25) is 0 Å². The molecular weight excluding hydrogens is 391 g/mol. The molecule has 2 aromatic carbocycles. The Kier molecular flexibility index (Phi) is 5.90. The van der Waals surface area contributed by atoms with Gasteiger partial charge in [-0.25, -0.2) is 0 Å². The van der Waals surface area contributed by atoms with E-state index in [9.17, 15) is 28.1 Å². The summed E-state index contributed by atoms with van der Waals surface area (Å²) in [5.74, 6) is 0.427. The molecule has 2 aromatic rings. The van der Waals surface area contributed by atoms with Gasteiger partial charge >= 0.3 is 6.18 Å². The zero-order chi connectivity index (χ0) is 21.0. The highest BCUT2D eigenvalue weighted by atomic mass is 19.4. The molecule has 0 aliphatic carbocycles.